The van der Waals surface area contributed by atoms with Crippen molar-refractivity contribution in [3.63, 3.8) is 0 Å². The number of allylic oxidation sites excluding steroid dienone is 1. The lowest BCUT2D eigenvalue weighted by Crippen LogP contribution is -2.12. The number of hydrogen-bond acceptors (Lipinski definition) is 1. The van der Waals surface area contributed by atoms with Crippen molar-refractivity contribution in [1.82, 2.24) is 0 Å². The van der Waals surface area contributed by atoms with Gasteiger partial charge in [-0.2, -0.15) is 0 Å². The molecule has 0 aliphatic carbocycles. The van der Waals surface area contributed by atoms with Gasteiger partial charge in [0.25, 0.3) is 0 Å². The average Bonchev–Trinajstić information content (AvgIpc) is 2.30. The van der Waals surface area contributed by atoms with E-state index in [9.17, 15) is 0 Å². The molecule has 1 aliphatic heterocycles. The zero-order valence-corrected chi connectivity index (χ0v) is 8.90. The van der Waals surface area contributed by atoms with Crippen LogP contribution >= 0.6 is 0 Å². The first-order valence-corrected chi connectivity index (χ1v) is 4.79. The van der Waals surface area contributed by atoms with E-state index in [0.29, 0.717) is 5.92 Å². The Morgan fingerprint density at radius 2 is 1.83 bits per heavy atom. The molecule has 12 heavy (non-hydrogen) atoms. The van der Waals surface area contributed by atoms with Gasteiger partial charge in [-0.15, -0.1) is 0 Å². The summed E-state index contributed by atoms with van der Waals surface area (Å²) in [5.41, 5.74) is 1.71. The highest BCUT2D eigenvalue weighted by Gasteiger charge is 2.28. The molecule has 0 aromatic heterocycles. The highest BCUT2D eigenvalue weighted by Crippen LogP contribution is 2.37. The zero-order chi connectivity index (χ0) is 9.35. The molecular weight excluding hydrogens is 148 g/mol. The summed E-state index contributed by atoms with van der Waals surface area (Å²) in [7, 11) is 0. The van der Waals surface area contributed by atoms with E-state index in [1.807, 2.05) is 0 Å². The second-order valence-corrected chi connectivity index (χ2v) is 4.86. The molecule has 0 spiro atoms. The van der Waals surface area contributed by atoms with Crippen LogP contribution in [0.25, 0.3) is 0 Å². The van der Waals surface area contributed by atoms with Gasteiger partial charge in [-0.05, 0) is 11.5 Å². The summed E-state index contributed by atoms with van der Waals surface area (Å²) in [6.45, 7) is 12.0. The van der Waals surface area contributed by atoms with Crippen LogP contribution in [-0.2, 0) is 4.74 Å². The maximum Gasteiger partial charge on any atom is 0.101 e. The molecule has 0 unspecified atom stereocenters. The Bertz CT molecular complexity index is 194. The summed E-state index contributed by atoms with van der Waals surface area (Å²) < 4.78 is 5.67. The monoisotopic (exact) mass is 168 g/mol. The van der Waals surface area contributed by atoms with E-state index in [1.54, 1.807) is 0 Å². The average molecular weight is 168 g/mol. The van der Waals surface area contributed by atoms with Gasteiger partial charge in [0.05, 0.1) is 6.61 Å². The van der Waals surface area contributed by atoms with Crippen LogP contribution in [-0.4, -0.2) is 6.61 Å². The minimum absolute atomic E-state index is 0.191. The standard InChI is InChI=1S/C11H20O/c1-8(2)9-6-7-12-10(9)11(3,4)5/h8H,6-7H2,1-5H3. The van der Waals surface area contributed by atoms with Crippen molar-refractivity contribution in [3.8, 4) is 0 Å². The van der Waals surface area contributed by atoms with E-state index in [1.165, 1.54) is 11.3 Å². The van der Waals surface area contributed by atoms with Crippen LogP contribution in [0, 0.1) is 11.3 Å². The first-order chi connectivity index (χ1) is 5.43. The second kappa shape index (κ2) is 3.12. The maximum absolute atomic E-state index is 5.67. The first kappa shape index (κ1) is 9.63. The Balaban J connectivity index is 2.92. The van der Waals surface area contributed by atoms with Gasteiger partial charge in [-0.25, -0.2) is 0 Å². The lowest BCUT2D eigenvalue weighted by atomic mass is 9.87. The molecule has 0 saturated heterocycles. The van der Waals surface area contributed by atoms with Gasteiger partial charge in [0.2, 0.25) is 0 Å². The van der Waals surface area contributed by atoms with Crippen molar-refractivity contribution in [2.45, 2.75) is 41.0 Å². The summed E-state index contributed by atoms with van der Waals surface area (Å²) >= 11 is 0. The van der Waals surface area contributed by atoms with Crippen LogP contribution in [0.3, 0.4) is 0 Å². The highest BCUT2D eigenvalue weighted by molar-refractivity contribution is 5.19. The molecule has 1 nitrogen and oxygen atoms in total. The van der Waals surface area contributed by atoms with Gasteiger partial charge in [-0.3, -0.25) is 0 Å². The summed E-state index contributed by atoms with van der Waals surface area (Å²) in [6, 6.07) is 0. The normalized spacial score (nSPS) is 18.8. The van der Waals surface area contributed by atoms with E-state index < -0.39 is 0 Å². The summed E-state index contributed by atoms with van der Waals surface area (Å²) in [4.78, 5) is 0. The third-order valence-corrected chi connectivity index (χ3v) is 2.29. The Labute approximate surface area is 75.8 Å². The molecule has 0 radical (unpaired) electrons. The molecule has 0 N–H and O–H groups in total. The number of ether oxygens (including phenoxy) is 1. The fourth-order valence-corrected chi connectivity index (χ4v) is 1.72. The topological polar surface area (TPSA) is 9.23 Å². The van der Waals surface area contributed by atoms with Crippen LogP contribution in [0.5, 0.6) is 0 Å². The first-order valence-electron chi connectivity index (χ1n) is 4.79. The smallest absolute Gasteiger partial charge is 0.101 e. The van der Waals surface area contributed by atoms with Gasteiger partial charge in [0.15, 0.2) is 0 Å². The Kier molecular flexibility index (Phi) is 2.50. The third-order valence-electron chi connectivity index (χ3n) is 2.29. The number of rotatable bonds is 1. The molecule has 0 bridgehead atoms. The Hall–Kier alpha value is -0.460. The highest BCUT2D eigenvalue weighted by atomic mass is 16.5. The van der Waals surface area contributed by atoms with E-state index in [4.69, 9.17) is 4.74 Å². The van der Waals surface area contributed by atoms with Gasteiger partial charge >= 0.3 is 0 Å². The van der Waals surface area contributed by atoms with Gasteiger partial charge in [0.1, 0.15) is 5.76 Å². The Morgan fingerprint density at radius 3 is 2.17 bits per heavy atom. The predicted octanol–water partition coefficient (Wildman–Crippen LogP) is 3.36. The van der Waals surface area contributed by atoms with Crippen molar-refractivity contribution < 1.29 is 4.74 Å². The fourth-order valence-electron chi connectivity index (χ4n) is 1.72. The van der Waals surface area contributed by atoms with Crippen LogP contribution in [0.4, 0.5) is 0 Å². The molecule has 0 aromatic carbocycles. The summed E-state index contributed by atoms with van der Waals surface area (Å²) in [5.74, 6) is 1.87. The van der Waals surface area contributed by atoms with Crippen molar-refractivity contribution in [2.24, 2.45) is 11.3 Å². The predicted molar refractivity (Wildman–Crippen MR) is 51.9 cm³/mol. The molecule has 0 fully saturated rings. The summed E-state index contributed by atoms with van der Waals surface area (Å²) in [5, 5.41) is 0. The van der Waals surface area contributed by atoms with E-state index in [2.05, 4.69) is 34.6 Å². The largest absolute Gasteiger partial charge is 0.497 e. The van der Waals surface area contributed by atoms with E-state index >= 15 is 0 Å². The van der Waals surface area contributed by atoms with Crippen LogP contribution in [0.15, 0.2) is 11.3 Å². The van der Waals surface area contributed by atoms with E-state index in [-0.39, 0.29) is 5.41 Å². The lowest BCUT2D eigenvalue weighted by molar-refractivity contribution is 0.178. The van der Waals surface area contributed by atoms with Gasteiger partial charge in [0, 0.05) is 11.8 Å². The van der Waals surface area contributed by atoms with Crippen LogP contribution in [0.2, 0.25) is 0 Å². The quantitative estimate of drug-likeness (QED) is 0.583. The minimum atomic E-state index is 0.191. The lowest BCUT2D eigenvalue weighted by Gasteiger charge is -2.22. The van der Waals surface area contributed by atoms with Gasteiger partial charge in [-0.1, -0.05) is 34.6 Å². The fraction of sp³-hybridized carbons (Fsp3) is 0.818. The zero-order valence-electron chi connectivity index (χ0n) is 8.90. The van der Waals surface area contributed by atoms with Crippen molar-refractivity contribution in [1.29, 1.82) is 0 Å². The second-order valence-electron chi connectivity index (χ2n) is 4.86. The van der Waals surface area contributed by atoms with E-state index in [0.717, 1.165) is 13.0 Å². The summed E-state index contributed by atoms with van der Waals surface area (Å²) in [6.07, 6.45) is 1.13. The molecule has 1 heterocycles. The molecule has 0 amide bonds. The molecule has 1 rings (SSSR count). The van der Waals surface area contributed by atoms with Crippen molar-refractivity contribution in [3.05, 3.63) is 11.3 Å². The SMILES string of the molecule is CC(C)C1=C(C(C)(C)C)OCC1. The molecule has 70 valence electrons. The molecule has 0 atom stereocenters. The minimum Gasteiger partial charge on any atom is -0.497 e. The molecule has 0 aromatic rings. The molecule has 1 heteroatoms. The van der Waals surface area contributed by atoms with Crippen LogP contribution in [0.1, 0.15) is 41.0 Å². The third kappa shape index (κ3) is 1.82. The van der Waals surface area contributed by atoms with Crippen molar-refractivity contribution >= 4 is 0 Å². The maximum atomic E-state index is 5.67. The van der Waals surface area contributed by atoms with Gasteiger partial charge < -0.3 is 4.74 Å². The number of hydrogen-bond donors (Lipinski definition) is 0. The Morgan fingerprint density at radius 1 is 1.25 bits per heavy atom. The molecular formula is C11H20O. The molecule has 0 saturated carbocycles. The van der Waals surface area contributed by atoms with Crippen molar-refractivity contribution in [2.75, 3.05) is 6.61 Å². The van der Waals surface area contributed by atoms with Crippen LogP contribution < -0.4 is 0 Å². The molecule has 1 aliphatic rings.